The van der Waals surface area contributed by atoms with Crippen LogP contribution in [-0.2, 0) is 19.4 Å². The van der Waals surface area contributed by atoms with Crippen LogP contribution >= 0.6 is 11.3 Å². The van der Waals surface area contributed by atoms with E-state index < -0.39 is 0 Å². The summed E-state index contributed by atoms with van der Waals surface area (Å²) < 4.78 is 1.78. The normalized spacial score (nSPS) is 19.2. The molecule has 0 aliphatic heterocycles. The second kappa shape index (κ2) is 9.03. The molecule has 4 nitrogen and oxygen atoms in total. The lowest BCUT2D eigenvalue weighted by molar-refractivity contribution is 0.319. The highest BCUT2D eigenvalue weighted by Gasteiger charge is 2.26. The molecule has 6 rings (SSSR count). The predicted octanol–water partition coefficient (Wildman–Crippen LogP) is 5.69. The summed E-state index contributed by atoms with van der Waals surface area (Å²) in [6, 6.07) is 15.3. The number of fused-ring (bicyclic) bond motifs is 4. The number of aryl methyl sites for hydroxylation is 1. The van der Waals surface area contributed by atoms with E-state index >= 15 is 0 Å². The van der Waals surface area contributed by atoms with Gasteiger partial charge in [0.25, 0.3) is 5.56 Å². The lowest BCUT2D eigenvalue weighted by Crippen LogP contribution is -2.37. The van der Waals surface area contributed by atoms with Crippen molar-refractivity contribution in [2.24, 2.45) is 5.92 Å². The molecule has 0 saturated heterocycles. The van der Waals surface area contributed by atoms with Crippen LogP contribution < -0.4 is 10.9 Å². The first kappa shape index (κ1) is 21.1. The molecule has 170 valence electrons. The standard InChI is InChI=1S/C28H31N3OS/c32-28-26-24-13-12-23(29-16-19-6-2-1-3-7-19)15-25(24)33-27(26)30-18-31(28)17-20-10-11-21-8-4-5-9-22(21)14-20/h4-5,8-11,14,18-19,23,29H,1-3,6-7,12-13,15-17H2. The third-order valence-corrected chi connectivity index (χ3v) is 8.78. The van der Waals surface area contributed by atoms with E-state index in [1.165, 1.54) is 53.3 Å². The van der Waals surface area contributed by atoms with Crippen molar-refractivity contribution < 1.29 is 0 Å². The molecule has 0 bridgehead atoms. The molecule has 2 aromatic heterocycles. The van der Waals surface area contributed by atoms with Gasteiger partial charge in [-0.25, -0.2) is 4.98 Å². The lowest BCUT2D eigenvalue weighted by atomic mass is 9.88. The maximum Gasteiger partial charge on any atom is 0.262 e. The van der Waals surface area contributed by atoms with Gasteiger partial charge < -0.3 is 5.32 Å². The highest BCUT2D eigenvalue weighted by Crippen LogP contribution is 2.34. The topological polar surface area (TPSA) is 46.9 Å². The predicted molar refractivity (Wildman–Crippen MR) is 137 cm³/mol. The molecule has 1 unspecified atom stereocenters. The molecular formula is C28H31N3OS. The zero-order valence-corrected chi connectivity index (χ0v) is 19.9. The second-order valence-electron chi connectivity index (χ2n) is 9.90. The quantitative estimate of drug-likeness (QED) is 0.419. The van der Waals surface area contributed by atoms with Crippen molar-refractivity contribution in [2.45, 2.75) is 64.0 Å². The van der Waals surface area contributed by atoms with E-state index in [1.54, 1.807) is 22.2 Å². The first-order valence-corrected chi connectivity index (χ1v) is 13.3. The summed E-state index contributed by atoms with van der Waals surface area (Å²) in [6.07, 6.45) is 11.8. The van der Waals surface area contributed by atoms with Crippen LogP contribution in [0.2, 0.25) is 0 Å². The Kier molecular flexibility index (Phi) is 5.77. The number of benzene rings is 2. The van der Waals surface area contributed by atoms with Gasteiger partial charge in [0.05, 0.1) is 18.3 Å². The van der Waals surface area contributed by atoms with Crippen molar-refractivity contribution in [3.05, 3.63) is 75.1 Å². The maximum atomic E-state index is 13.5. The first-order chi connectivity index (χ1) is 16.2. The molecule has 0 amide bonds. The van der Waals surface area contributed by atoms with Gasteiger partial charge in [0, 0.05) is 10.9 Å². The molecule has 5 heteroatoms. The minimum Gasteiger partial charge on any atom is -0.313 e. The van der Waals surface area contributed by atoms with E-state index in [4.69, 9.17) is 4.98 Å². The van der Waals surface area contributed by atoms with Crippen LogP contribution in [0.3, 0.4) is 0 Å². The molecule has 4 aromatic rings. The molecule has 2 aliphatic rings. The van der Waals surface area contributed by atoms with Gasteiger partial charge in [-0.2, -0.15) is 0 Å². The smallest absolute Gasteiger partial charge is 0.262 e. The summed E-state index contributed by atoms with van der Waals surface area (Å²) in [5.41, 5.74) is 2.50. The molecule has 1 N–H and O–H groups in total. The van der Waals surface area contributed by atoms with Gasteiger partial charge in [-0.3, -0.25) is 9.36 Å². The third-order valence-electron chi connectivity index (χ3n) is 7.62. The van der Waals surface area contributed by atoms with Crippen molar-refractivity contribution in [2.75, 3.05) is 6.54 Å². The Morgan fingerprint density at radius 1 is 1.03 bits per heavy atom. The zero-order chi connectivity index (χ0) is 22.2. The van der Waals surface area contributed by atoms with Crippen LogP contribution in [0.1, 0.15) is 54.5 Å². The average Bonchev–Trinajstić information content (AvgIpc) is 3.23. The Labute approximate surface area is 198 Å². The fourth-order valence-electron chi connectivity index (χ4n) is 5.75. The van der Waals surface area contributed by atoms with Gasteiger partial charge in [0.2, 0.25) is 0 Å². The highest BCUT2D eigenvalue weighted by molar-refractivity contribution is 7.18. The molecular weight excluding hydrogens is 426 g/mol. The van der Waals surface area contributed by atoms with Gasteiger partial charge in [0.15, 0.2) is 0 Å². The second-order valence-corrected chi connectivity index (χ2v) is 11.0. The van der Waals surface area contributed by atoms with E-state index in [0.29, 0.717) is 12.6 Å². The van der Waals surface area contributed by atoms with Crippen LogP contribution in [0.5, 0.6) is 0 Å². The number of hydrogen-bond acceptors (Lipinski definition) is 4. The molecule has 2 heterocycles. The fourth-order valence-corrected chi connectivity index (χ4v) is 7.00. The Morgan fingerprint density at radius 3 is 2.76 bits per heavy atom. The lowest BCUT2D eigenvalue weighted by Gasteiger charge is -2.27. The van der Waals surface area contributed by atoms with E-state index in [9.17, 15) is 4.79 Å². The summed E-state index contributed by atoms with van der Waals surface area (Å²) in [6.45, 7) is 1.71. The Balaban J connectivity index is 1.22. The van der Waals surface area contributed by atoms with E-state index in [1.807, 2.05) is 0 Å². The van der Waals surface area contributed by atoms with E-state index in [0.717, 1.165) is 47.5 Å². The molecule has 2 aliphatic carbocycles. The van der Waals surface area contributed by atoms with Crippen LogP contribution in [0.25, 0.3) is 21.0 Å². The van der Waals surface area contributed by atoms with Gasteiger partial charge >= 0.3 is 0 Å². The number of thiophene rings is 1. The minimum atomic E-state index is 0.110. The molecule has 0 spiro atoms. The van der Waals surface area contributed by atoms with Gasteiger partial charge in [-0.1, -0.05) is 55.7 Å². The molecule has 1 saturated carbocycles. The SMILES string of the molecule is O=c1c2c3c(sc2ncn1Cc1ccc2ccccc2c1)CC(NCC1CCCCC1)CC3. The van der Waals surface area contributed by atoms with Crippen molar-refractivity contribution in [3.63, 3.8) is 0 Å². The largest absolute Gasteiger partial charge is 0.313 e. The van der Waals surface area contributed by atoms with Crippen molar-refractivity contribution in [1.82, 2.24) is 14.9 Å². The number of aromatic nitrogens is 2. The van der Waals surface area contributed by atoms with E-state index in [2.05, 4.69) is 47.8 Å². The summed E-state index contributed by atoms with van der Waals surface area (Å²) in [5, 5.41) is 7.15. The van der Waals surface area contributed by atoms with Crippen molar-refractivity contribution in [1.29, 1.82) is 0 Å². The monoisotopic (exact) mass is 457 g/mol. The molecule has 1 atom stereocenters. The number of nitrogens with one attached hydrogen (secondary N) is 1. The fraction of sp³-hybridized carbons (Fsp3) is 0.429. The van der Waals surface area contributed by atoms with Crippen molar-refractivity contribution >= 4 is 32.3 Å². The van der Waals surface area contributed by atoms with Crippen LogP contribution in [0.4, 0.5) is 0 Å². The van der Waals surface area contributed by atoms with Crippen LogP contribution in [-0.4, -0.2) is 22.1 Å². The molecule has 33 heavy (non-hydrogen) atoms. The van der Waals surface area contributed by atoms with Crippen molar-refractivity contribution in [3.8, 4) is 0 Å². The summed E-state index contributed by atoms with van der Waals surface area (Å²) in [4.78, 5) is 20.4. The first-order valence-electron chi connectivity index (χ1n) is 12.5. The van der Waals surface area contributed by atoms with Crippen LogP contribution in [0, 0.1) is 5.92 Å². The summed E-state index contributed by atoms with van der Waals surface area (Å²) in [7, 11) is 0. The molecule has 2 aromatic carbocycles. The summed E-state index contributed by atoms with van der Waals surface area (Å²) >= 11 is 1.73. The van der Waals surface area contributed by atoms with Crippen LogP contribution in [0.15, 0.2) is 53.6 Å². The highest BCUT2D eigenvalue weighted by atomic mass is 32.1. The van der Waals surface area contributed by atoms with Gasteiger partial charge in [-0.05, 0) is 72.5 Å². The zero-order valence-electron chi connectivity index (χ0n) is 19.1. The third kappa shape index (κ3) is 4.24. The number of nitrogens with zero attached hydrogens (tertiary/aromatic N) is 2. The Hall–Kier alpha value is -2.50. The van der Waals surface area contributed by atoms with E-state index in [-0.39, 0.29) is 5.56 Å². The van der Waals surface area contributed by atoms with Gasteiger partial charge in [-0.15, -0.1) is 11.3 Å². The molecule has 1 fully saturated rings. The summed E-state index contributed by atoms with van der Waals surface area (Å²) in [5.74, 6) is 0.853. The Morgan fingerprint density at radius 2 is 1.88 bits per heavy atom. The van der Waals surface area contributed by atoms with Gasteiger partial charge in [0.1, 0.15) is 4.83 Å². The maximum absolute atomic E-state index is 13.5. The molecule has 0 radical (unpaired) electrons. The Bertz CT molecular complexity index is 1350. The number of rotatable bonds is 5. The average molecular weight is 458 g/mol. The minimum absolute atomic E-state index is 0.110. The number of hydrogen-bond donors (Lipinski definition) is 1.